The maximum atomic E-state index is 13.1. The Balaban J connectivity index is 5.20. The molecule has 0 aromatic rings. The summed E-state index contributed by atoms with van der Waals surface area (Å²) in [4.78, 5) is 72.7. The van der Waals surface area contributed by atoms with E-state index in [2.05, 4.69) is 55.4 Å². The Morgan fingerprint density at radius 3 is 0.653 bits per heavy atom. The lowest BCUT2D eigenvalue weighted by Gasteiger charge is -2.21. The molecule has 95 heavy (non-hydrogen) atoms. The second-order valence-corrected chi connectivity index (χ2v) is 32.2. The van der Waals surface area contributed by atoms with Gasteiger partial charge in [0.15, 0.2) is 12.2 Å². The number of hydrogen-bond donors (Lipinski definition) is 3. The van der Waals surface area contributed by atoms with E-state index in [1.165, 1.54) is 180 Å². The Hall–Kier alpha value is -1.94. The first-order chi connectivity index (χ1) is 45.6. The molecule has 0 bridgehead atoms. The highest BCUT2D eigenvalue weighted by molar-refractivity contribution is 7.47. The molecular formula is C76H148O17P2. The summed E-state index contributed by atoms with van der Waals surface area (Å²) in [5, 5.41) is 10.6. The molecule has 0 aromatic heterocycles. The molecule has 0 spiro atoms. The fourth-order valence-electron chi connectivity index (χ4n) is 11.6. The van der Waals surface area contributed by atoms with Gasteiger partial charge >= 0.3 is 39.5 Å². The summed E-state index contributed by atoms with van der Waals surface area (Å²) in [5.74, 6) is 0.857. The number of carbonyl (C=O) groups excluding carboxylic acids is 4. The van der Waals surface area contributed by atoms with Gasteiger partial charge in [0, 0.05) is 25.7 Å². The molecule has 0 amide bonds. The van der Waals surface area contributed by atoms with Crippen LogP contribution in [0.2, 0.25) is 0 Å². The molecule has 0 rings (SSSR count). The number of carbonyl (C=O) groups is 4. The third-order valence-corrected chi connectivity index (χ3v) is 19.5. The van der Waals surface area contributed by atoms with Crippen LogP contribution in [0.5, 0.6) is 0 Å². The number of ether oxygens (including phenoxy) is 4. The molecular weight excluding hydrogens is 1250 g/mol. The molecule has 0 aliphatic rings. The van der Waals surface area contributed by atoms with Crippen molar-refractivity contribution in [3.63, 3.8) is 0 Å². The second-order valence-electron chi connectivity index (χ2n) is 29.3. The first kappa shape index (κ1) is 93.1. The highest BCUT2D eigenvalue weighted by Crippen LogP contribution is 2.45. The van der Waals surface area contributed by atoms with Gasteiger partial charge < -0.3 is 33.8 Å². The maximum absolute atomic E-state index is 13.1. The predicted molar refractivity (Wildman–Crippen MR) is 386 cm³/mol. The minimum absolute atomic E-state index is 0.101. The van der Waals surface area contributed by atoms with Crippen LogP contribution in [0, 0.1) is 23.7 Å². The average Bonchev–Trinajstić information content (AvgIpc) is 3.65. The van der Waals surface area contributed by atoms with Crippen LogP contribution in [0.15, 0.2) is 0 Å². The summed E-state index contributed by atoms with van der Waals surface area (Å²) >= 11 is 0. The summed E-state index contributed by atoms with van der Waals surface area (Å²) in [6.45, 7) is 14.1. The normalized spacial score (nSPS) is 14.1. The summed E-state index contributed by atoms with van der Waals surface area (Å²) in [6, 6.07) is 0. The van der Waals surface area contributed by atoms with E-state index in [1.54, 1.807) is 0 Å². The number of aliphatic hydroxyl groups excluding tert-OH is 1. The first-order valence-electron chi connectivity index (χ1n) is 39.2. The topological polar surface area (TPSA) is 237 Å². The zero-order valence-electron chi connectivity index (χ0n) is 62.3. The number of phosphoric ester groups is 2. The van der Waals surface area contributed by atoms with Gasteiger partial charge in [-0.05, 0) is 49.4 Å². The fraction of sp³-hybridized carbons (Fsp3) is 0.947. The van der Waals surface area contributed by atoms with E-state index in [4.69, 9.17) is 37.0 Å². The molecule has 0 heterocycles. The van der Waals surface area contributed by atoms with Crippen molar-refractivity contribution in [3.8, 4) is 0 Å². The number of aliphatic hydroxyl groups is 1. The molecule has 0 saturated heterocycles. The molecule has 0 fully saturated rings. The molecule has 5 atom stereocenters. The zero-order chi connectivity index (χ0) is 70.3. The third-order valence-electron chi connectivity index (χ3n) is 17.6. The van der Waals surface area contributed by atoms with Crippen LogP contribution in [0.3, 0.4) is 0 Å². The van der Waals surface area contributed by atoms with Crippen molar-refractivity contribution in [2.75, 3.05) is 39.6 Å². The van der Waals surface area contributed by atoms with Gasteiger partial charge in [0.05, 0.1) is 26.4 Å². The minimum Gasteiger partial charge on any atom is -0.462 e. The molecule has 3 N–H and O–H groups in total. The predicted octanol–water partition coefficient (Wildman–Crippen LogP) is 22.0. The van der Waals surface area contributed by atoms with Crippen LogP contribution in [0.1, 0.15) is 383 Å². The molecule has 0 radical (unpaired) electrons. The monoisotopic (exact) mass is 1400 g/mol. The van der Waals surface area contributed by atoms with Crippen LogP contribution in [-0.2, 0) is 65.4 Å². The Labute approximate surface area is 581 Å². The van der Waals surface area contributed by atoms with Gasteiger partial charge in [-0.25, -0.2) is 9.13 Å². The quantitative estimate of drug-likeness (QED) is 0.0222. The van der Waals surface area contributed by atoms with Crippen molar-refractivity contribution in [2.24, 2.45) is 23.7 Å². The van der Waals surface area contributed by atoms with Crippen molar-refractivity contribution >= 4 is 39.5 Å². The van der Waals surface area contributed by atoms with Crippen LogP contribution in [-0.4, -0.2) is 96.7 Å². The Morgan fingerprint density at radius 1 is 0.263 bits per heavy atom. The van der Waals surface area contributed by atoms with Gasteiger partial charge in [-0.2, -0.15) is 0 Å². The second kappa shape index (κ2) is 65.4. The molecule has 0 saturated carbocycles. The number of hydrogen-bond acceptors (Lipinski definition) is 15. The molecule has 19 heteroatoms. The molecule has 0 aromatic carbocycles. The van der Waals surface area contributed by atoms with Gasteiger partial charge in [-0.1, -0.05) is 331 Å². The van der Waals surface area contributed by atoms with Crippen LogP contribution in [0.25, 0.3) is 0 Å². The van der Waals surface area contributed by atoms with Crippen molar-refractivity contribution < 1.29 is 80.2 Å². The number of esters is 4. The number of phosphoric acid groups is 2. The van der Waals surface area contributed by atoms with Gasteiger partial charge in [0.1, 0.15) is 19.3 Å². The minimum atomic E-state index is -4.96. The summed E-state index contributed by atoms with van der Waals surface area (Å²) in [5.41, 5.74) is 0. The maximum Gasteiger partial charge on any atom is 0.472 e. The van der Waals surface area contributed by atoms with Crippen molar-refractivity contribution in [1.29, 1.82) is 0 Å². The van der Waals surface area contributed by atoms with E-state index in [0.29, 0.717) is 37.5 Å². The smallest absolute Gasteiger partial charge is 0.462 e. The highest BCUT2D eigenvalue weighted by atomic mass is 31.2. The van der Waals surface area contributed by atoms with E-state index >= 15 is 0 Å². The van der Waals surface area contributed by atoms with Gasteiger partial charge in [-0.15, -0.1) is 0 Å². The SMILES string of the molecule is CC(C)CCCCCCCCCCCCCCCCCCC(=O)O[C@H](COC(=O)CCCCCCCCCCCCCCCCC(C)C)COP(=O)(O)OCC(O)COP(=O)(O)OC[C@@H](COC(=O)CCCCCCCCCC(C)C)OC(=O)CCCCCCCCC(C)C. The van der Waals surface area contributed by atoms with E-state index in [0.717, 1.165) is 108 Å². The fourth-order valence-corrected chi connectivity index (χ4v) is 13.1. The molecule has 17 nitrogen and oxygen atoms in total. The number of unbranched alkanes of at least 4 members (excludes halogenated alkanes) is 39. The lowest BCUT2D eigenvalue weighted by Crippen LogP contribution is -2.30. The van der Waals surface area contributed by atoms with E-state index < -0.39 is 97.5 Å². The molecule has 0 aliphatic heterocycles. The highest BCUT2D eigenvalue weighted by Gasteiger charge is 2.30. The largest absolute Gasteiger partial charge is 0.472 e. The van der Waals surface area contributed by atoms with Crippen molar-refractivity contribution in [1.82, 2.24) is 0 Å². The zero-order valence-corrected chi connectivity index (χ0v) is 64.1. The Bertz CT molecular complexity index is 1870. The van der Waals surface area contributed by atoms with Crippen molar-refractivity contribution in [3.05, 3.63) is 0 Å². The molecule has 3 unspecified atom stereocenters. The first-order valence-corrected chi connectivity index (χ1v) is 42.2. The Kier molecular flexibility index (Phi) is 64.0. The van der Waals surface area contributed by atoms with E-state index in [-0.39, 0.29) is 25.7 Å². The van der Waals surface area contributed by atoms with Gasteiger partial charge in [-0.3, -0.25) is 37.3 Å². The van der Waals surface area contributed by atoms with Gasteiger partial charge in [0.25, 0.3) is 0 Å². The lowest BCUT2D eigenvalue weighted by atomic mass is 10.0. The van der Waals surface area contributed by atoms with E-state index in [1.807, 2.05) is 0 Å². The molecule has 0 aliphatic carbocycles. The summed E-state index contributed by atoms with van der Waals surface area (Å²) in [7, 11) is -9.91. The average molecular weight is 1400 g/mol. The third kappa shape index (κ3) is 70.3. The lowest BCUT2D eigenvalue weighted by molar-refractivity contribution is -0.161. The van der Waals surface area contributed by atoms with Gasteiger partial charge in [0.2, 0.25) is 0 Å². The molecule has 564 valence electrons. The Morgan fingerprint density at radius 2 is 0.442 bits per heavy atom. The van der Waals surface area contributed by atoms with Crippen LogP contribution >= 0.6 is 15.6 Å². The summed E-state index contributed by atoms with van der Waals surface area (Å²) in [6.07, 6.45) is 50.3. The van der Waals surface area contributed by atoms with E-state index in [9.17, 15) is 43.2 Å². The van der Waals surface area contributed by atoms with Crippen LogP contribution < -0.4 is 0 Å². The number of rotatable bonds is 73. The standard InChI is InChI=1S/C76H148O17P2/c1-66(2)52-44-36-28-23-19-15-11-9-10-12-18-22-26-32-42-50-58-75(80)92-71(62-86-73(78)56-48-40-31-25-21-17-14-13-16-20-24-29-37-45-53-67(3)4)64-90-94(82,83)88-60-70(77)61-89-95(84,85)91-65-72(93-76(81)59-51-43-35-34-39-47-55-69(7)8)63-87-74(79)57-49-41-33-27-30-38-46-54-68(5)6/h66-72,77H,9-65H2,1-8H3,(H,82,83)(H,84,85)/t70?,71-,72-/m1/s1. The summed E-state index contributed by atoms with van der Waals surface area (Å²) < 4.78 is 68.4. The van der Waals surface area contributed by atoms with Crippen molar-refractivity contribution in [2.45, 2.75) is 401 Å². The van der Waals surface area contributed by atoms with Crippen LogP contribution in [0.4, 0.5) is 0 Å².